The summed E-state index contributed by atoms with van der Waals surface area (Å²) in [4.78, 5) is 25.2. The van der Waals surface area contributed by atoms with Gasteiger partial charge in [0, 0.05) is 6.54 Å². The van der Waals surface area contributed by atoms with Crippen LogP contribution in [0.2, 0.25) is 0 Å². The summed E-state index contributed by atoms with van der Waals surface area (Å²) >= 11 is 0. The van der Waals surface area contributed by atoms with Crippen molar-refractivity contribution in [1.82, 2.24) is 4.90 Å². The maximum atomic E-state index is 12.5. The minimum Gasteiger partial charge on any atom is -0.446 e. The number of primary amides is 1. The van der Waals surface area contributed by atoms with Crippen molar-refractivity contribution in [3.05, 3.63) is 23.7 Å². The van der Waals surface area contributed by atoms with Gasteiger partial charge in [0.25, 0.3) is 11.8 Å². The monoisotopic (exact) mass is 280 g/mol. The number of furan rings is 1. The summed E-state index contributed by atoms with van der Waals surface area (Å²) < 4.78 is 10.7. The van der Waals surface area contributed by atoms with Crippen LogP contribution < -0.4 is 5.73 Å². The average molecular weight is 280 g/mol. The molecule has 1 atom stereocenters. The molecule has 2 heterocycles. The Morgan fingerprint density at radius 1 is 1.40 bits per heavy atom. The highest BCUT2D eigenvalue weighted by molar-refractivity contribution is 5.95. The van der Waals surface area contributed by atoms with Crippen molar-refractivity contribution in [2.24, 2.45) is 11.7 Å². The molecule has 0 saturated carbocycles. The highest BCUT2D eigenvalue weighted by Crippen LogP contribution is 2.19. The summed E-state index contributed by atoms with van der Waals surface area (Å²) in [5, 5.41) is 0. The molecule has 2 amide bonds. The molecule has 1 aromatic rings. The van der Waals surface area contributed by atoms with E-state index in [0.717, 1.165) is 6.42 Å². The van der Waals surface area contributed by atoms with Crippen LogP contribution in [0.1, 0.15) is 41.4 Å². The van der Waals surface area contributed by atoms with Gasteiger partial charge in [0.2, 0.25) is 0 Å². The number of nitrogens with zero attached hydrogens (tertiary/aromatic N) is 1. The van der Waals surface area contributed by atoms with E-state index in [1.807, 2.05) is 0 Å². The second-order valence-electron chi connectivity index (χ2n) is 5.38. The van der Waals surface area contributed by atoms with Gasteiger partial charge in [-0.1, -0.05) is 13.8 Å². The molecule has 0 aliphatic carbocycles. The average Bonchev–Trinajstić information content (AvgIpc) is 2.87. The normalized spacial score (nSPS) is 19.4. The van der Waals surface area contributed by atoms with Crippen LogP contribution in [0.4, 0.5) is 0 Å². The molecular formula is C14H20N2O4. The fraction of sp³-hybridized carbons (Fsp3) is 0.571. The fourth-order valence-corrected chi connectivity index (χ4v) is 2.39. The summed E-state index contributed by atoms with van der Waals surface area (Å²) in [5.41, 5.74) is 5.12. The van der Waals surface area contributed by atoms with Crippen molar-refractivity contribution in [2.75, 3.05) is 19.8 Å². The molecule has 1 aliphatic heterocycles. The maximum absolute atomic E-state index is 12.5. The van der Waals surface area contributed by atoms with Crippen molar-refractivity contribution in [1.29, 1.82) is 0 Å². The lowest BCUT2D eigenvalue weighted by atomic mass is 10.0. The van der Waals surface area contributed by atoms with E-state index < -0.39 is 5.91 Å². The van der Waals surface area contributed by atoms with Gasteiger partial charge in [-0.15, -0.1) is 0 Å². The SMILES string of the molecule is CC(C)CC1COCCN1C(=O)c1ccc(C(N)=O)o1. The minimum absolute atomic E-state index is 0.00187. The number of amides is 2. The summed E-state index contributed by atoms with van der Waals surface area (Å²) in [7, 11) is 0. The Hall–Kier alpha value is -1.82. The van der Waals surface area contributed by atoms with Crippen LogP contribution in [-0.2, 0) is 4.74 Å². The van der Waals surface area contributed by atoms with Crippen molar-refractivity contribution in [3.63, 3.8) is 0 Å². The highest BCUT2D eigenvalue weighted by Gasteiger charge is 2.30. The van der Waals surface area contributed by atoms with Crippen LogP contribution >= 0.6 is 0 Å². The van der Waals surface area contributed by atoms with Gasteiger partial charge in [0.1, 0.15) is 0 Å². The van der Waals surface area contributed by atoms with Crippen LogP contribution in [0.3, 0.4) is 0 Å². The zero-order valence-corrected chi connectivity index (χ0v) is 11.8. The van der Waals surface area contributed by atoms with Gasteiger partial charge < -0.3 is 19.8 Å². The zero-order valence-electron chi connectivity index (χ0n) is 11.8. The highest BCUT2D eigenvalue weighted by atomic mass is 16.5. The van der Waals surface area contributed by atoms with Crippen molar-refractivity contribution in [2.45, 2.75) is 26.3 Å². The Bertz CT molecular complexity index is 495. The van der Waals surface area contributed by atoms with Crippen molar-refractivity contribution >= 4 is 11.8 Å². The third-order valence-electron chi connectivity index (χ3n) is 3.29. The first-order valence-corrected chi connectivity index (χ1v) is 6.77. The molecule has 1 aromatic heterocycles. The molecule has 0 spiro atoms. The summed E-state index contributed by atoms with van der Waals surface area (Å²) in [6, 6.07) is 2.95. The van der Waals surface area contributed by atoms with E-state index in [2.05, 4.69) is 13.8 Å². The molecule has 2 N–H and O–H groups in total. The Balaban J connectivity index is 2.14. The molecular weight excluding hydrogens is 260 g/mol. The number of carbonyl (C=O) groups excluding carboxylic acids is 2. The molecule has 6 heteroatoms. The van der Waals surface area contributed by atoms with Crippen LogP contribution in [0.5, 0.6) is 0 Å². The molecule has 6 nitrogen and oxygen atoms in total. The second-order valence-corrected chi connectivity index (χ2v) is 5.38. The largest absolute Gasteiger partial charge is 0.446 e. The maximum Gasteiger partial charge on any atom is 0.289 e. The molecule has 20 heavy (non-hydrogen) atoms. The van der Waals surface area contributed by atoms with Crippen LogP contribution in [0.15, 0.2) is 16.5 Å². The number of rotatable bonds is 4. The molecule has 110 valence electrons. The molecule has 0 aromatic carbocycles. The molecule has 1 saturated heterocycles. The van der Waals surface area contributed by atoms with Crippen LogP contribution in [0.25, 0.3) is 0 Å². The molecule has 1 fully saturated rings. The number of nitrogens with two attached hydrogens (primary N) is 1. The standard InChI is InChI=1S/C14H20N2O4/c1-9(2)7-10-8-19-6-5-16(10)14(18)12-4-3-11(20-12)13(15)17/h3-4,9-10H,5-8H2,1-2H3,(H2,15,17). The van der Waals surface area contributed by atoms with Gasteiger partial charge in [-0.05, 0) is 24.5 Å². The van der Waals surface area contributed by atoms with Crippen LogP contribution in [-0.4, -0.2) is 42.5 Å². The molecule has 1 unspecified atom stereocenters. The van der Waals surface area contributed by atoms with E-state index in [9.17, 15) is 9.59 Å². The quantitative estimate of drug-likeness (QED) is 0.899. The van der Waals surface area contributed by atoms with Gasteiger partial charge in [-0.3, -0.25) is 9.59 Å². The summed E-state index contributed by atoms with van der Waals surface area (Å²) in [6.07, 6.45) is 0.870. The predicted octanol–water partition coefficient (Wildman–Crippen LogP) is 1.27. The zero-order chi connectivity index (χ0) is 14.7. The van der Waals surface area contributed by atoms with E-state index in [-0.39, 0.29) is 23.5 Å². The number of morpholine rings is 1. The Morgan fingerprint density at radius 2 is 2.10 bits per heavy atom. The van der Waals surface area contributed by atoms with Crippen molar-refractivity contribution < 1.29 is 18.7 Å². The third kappa shape index (κ3) is 3.19. The molecule has 1 aliphatic rings. The lowest BCUT2D eigenvalue weighted by Gasteiger charge is -2.36. The van der Waals surface area contributed by atoms with E-state index in [0.29, 0.717) is 25.7 Å². The smallest absolute Gasteiger partial charge is 0.289 e. The van der Waals surface area contributed by atoms with Gasteiger partial charge in [-0.25, -0.2) is 0 Å². The van der Waals surface area contributed by atoms with Gasteiger partial charge in [0.15, 0.2) is 11.5 Å². The Kier molecular flexibility index (Phi) is 4.44. The van der Waals surface area contributed by atoms with E-state index >= 15 is 0 Å². The first-order valence-electron chi connectivity index (χ1n) is 6.77. The molecule has 0 radical (unpaired) electrons. The van der Waals surface area contributed by atoms with Crippen molar-refractivity contribution in [3.8, 4) is 0 Å². The number of hydrogen-bond donors (Lipinski definition) is 1. The van der Waals surface area contributed by atoms with Gasteiger partial charge >= 0.3 is 0 Å². The second kappa shape index (κ2) is 6.09. The number of carbonyl (C=O) groups is 2. The van der Waals surface area contributed by atoms with E-state index in [1.54, 1.807) is 4.90 Å². The molecule has 0 bridgehead atoms. The first kappa shape index (κ1) is 14.6. The third-order valence-corrected chi connectivity index (χ3v) is 3.29. The van der Waals surface area contributed by atoms with E-state index in [1.165, 1.54) is 12.1 Å². The number of hydrogen-bond acceptors (Lipinski definition) is 4. The molecule has 2 rings (SSSR count). The summed E-state index contributed by atoms with van der Waals surface area (Å²) in [6.45, 7) is 5.80. The van der Waals surface area contributed by atoms with E-state index in [4.69, 9.17) is 14.9 Å². The lowest BCUT2D eigenvalue weighted by molar-refractivity contribution is -0.00897. The summed E-state index contributed by atoms with van der Waals surface area (Å²) in [5.74, 6) is -0.275. The minimum atomic E-state index is -0.676. The lowest BCUT2D eigenvalue weighted by Crippen LogP contribution is -2.49. The predicted molar refractivity (Wildman–Crippen MR) is 72.3 cm³/mol. The van der Waals surface area contributed by atoms with Gasteiger partial charge in [0.05, 0.1) is 19.3 Å². The first-order chi connectivity index (χ1) is 9.49. The van der Waals surface area contributed by atoms with Gasteiger partial charge in [-0.2, -0.15) is 0 Å². The fourth-order valence-electron chi connectivity index (χ4n) is 2.39. The number of ether oxygens (including phenoxy) is 1. The van der Waals surface area contributed by atoms with Crippen LogP contribution in [0, 0.1) is 5.92 Å². The topological polar surface area (TPSA) is 85.8 Å². The Morgan fingerprint density at radius 3 is 2.70 bits per heavy atom. The Labute approximate surface area is 117 Å².